The number of carbonyl (C=O) groups excluding carboxylic acids is 1. The Morgan fingerprint density at radius 3 is 2.57 bits per heavy atom. The number of halogens is 1. The van der Waals surface area contributed by atoms with Crippen molar-refractivity contribution in [3.8, 4) is 11.4 Å². The summed E-state index contributed by atoms with van der Waals surface area (Å²) in [6, 6.07) is 15.9. The number of aromatic nitrogens is 3. The van der Waals surface area contributed by atoms with Crippen LogP contribution in [0.5, 0.6) is 0 Å². The SMILES string of the molecule is C=CCn1c(SCC(=O)Nc2cccc(Br)c2)nnc1-c1ccc(C(C)(C)C)cc1. The van der Waals surface area contributed by atoms with Crippen LogP contribution >= 0.6 is 27.7 Å². The van der Waals surface area contributed by atoms with Crippen molar-refractivity contribution in [2.24, 2.45) is 0 Å². The summed E-state index contributed by atoms with van der Waals surface area (Å²) in [7, 11) is 0. The van der Waals surface area contributed by atoms with Gasteiger partial charge in [0.1, 0.15) is 0 Å². The van der Waals surface area contributed by atoms with Crippen molar-refractivity contribution in [3.05, 3.63) is 71.2 Å². The number of rotatable bonds is 7. The maximum atomic E-state index is 12.3. The zero-order chi connectivity index (χ0) is 21.7. The molecule has 0 aliphatic rings. The Morgan fingerprint density at radius 2 is 1.93 bits per heavy atom. The highest BCUT2D eigenvalue weighted by molar-refractivity contribution is 9.10. The van der Waals surface area contributed by atoms with E-state index < -0.39 is 0 Å². The number of anilines is 1. The van der Waals surface area contributed by atoms with Gasteiger partial charge in [-0.1, -0.05) is 84.9 Å². The van der Waals surface area contributed by atoms with Gasteiger partial charge in [0.2, 0.25) is 5.91 Å². The van der Waals surface area contributed by atoms with Crippen molar-refractivity contribution in [1.29, 1.82) is 0 Å². The van der Waals surface area contributed by atoms with Gasteiger partial charge in [-0.25, -0.2) is 0 Å². The molecule has 0 saturated heterocycles. The normalized spacial score (nSPS) is 11.3. The topological polar surface area (TPSA) is 59.8 Å². The minimum absolute atomic E-state index is 0.0933. The molecule has 1 aromatic heterocycles. The quantitative estimate of drug-likeness (QED) is 0.333. The molecule has 5 nitrogen and oxygen atoms in total. The predicted molar refractivity (Wildman–Crippen MR) is 128 cm³/mol. The fourth-order valence-electron chi connectivity index (χ4n) is 2.92. The van der Waals surface area contributed by atoms with Crippen LogP contribution in [-0.2, 0) is 16.8 Å². The van der Waals surface area contributed by atoms with E-state index in [4.69, 9.17) is 0 Å². The monoisotopic (exact) mass is 484 g/mol. The van der Waals surface area contributed by atoms with Gasteiger partial charge in [-0.05, 0) is 29.2 Å². The van der Waals surface area contributed by atoms with Crippen LogP contribution in [0.1, 0.15) is 26.3 Å². The summed E-state index contributed by atoms with van der Waals surface area (Å²) < 4.78 is 2.90. The molecular weight excluding hydrogens is 460 g/mol. The van der Waals surface area contributed by atoms with Crippen molar-refractivity contribution in [2.75, 3.05) is 11.1 Å². The Morgan fingerprint density at radius 1 is 1.20 bits per heavy atom. The molecule has 0 spiro atoms. The highest BCUT2D eigenvalue weighted by atomic mass is 79.9. The van der Waals surface area contributed by atoms with Crippen LogP contribution in [-0.4, -0.2) is 26.4 Å². The average molecular weight is 485 g/mol. The van der Waals surface area contributed by atoms with Gasteiger partial charge < -0.3 is 5.32 Å². The molecule has 0 aliphatic carbocycles. The molecule has 3 aromatic rings. The smallest absolute Gasteiger partial charge is 0.234 e. The van der Waals surface area contributed by atoms with Gasteiger partial charge in [-0.15, -0.1) is 16.8 Å². The fraction of sp³-hybridized carbons (Fsp3) is 0.261. The highest BCUT2D eigenvalue weighted by Crippen LogP contribution is 2.28. The van der Waals surface area contributed by atoms with Crippen molar-refractivity contribution >= 4 is 39.3 Å². The van der Waals surface area contributed by atoms with Gasteiger partial charge in [-0.3, -0.25) is 9.36 Å². The third kappa shape index (κ3) is 5.61. The number of nitrogens with one attached hydrogen (secondary N) is 1. The summed E-state index contributed by atoms with van der Waals surface area (Å²) in [5.74, 6) is 0.915. The second kappa shape index (κ2) is 9.62. The molecule has 7 heteroatoms. The molecule has 1 amide bonds. The Balaban J connectivity index is 1.74. The summed E-state index contributed by atoms with van der Waals surface area (Å²) in [5.41, 5.74) is 3.10. The number of hydrogen-bond acceptors (Lipinski definition) is 4. The van der Waals surface area contributed by atoms with Gasteiger partial charge in [0.05, 0.1) is 5.75 Å². The van der Waals surface area contributed by atoms with E-state index in [9.17, 15) is 4.79 Å². The number of thioether (sulfide) groups is 1. The van der Waals surface area contributed by atoms with Crippen molar-refractivity contribution in [3.63, 3.8) is 0 Å². The molecule has 3 rings (SSSR count). The van der Waals surface area contributed by atoms with E-state index in [1.165, 1.54) is 17.3 Å². The van der Waals surface area contributed by atoms with Crippen LogP contribution in [0.4, 0.5) is 5.69 Å². The lowest BCUT2D eigenvalue weighted by atomic mass is 9.87. The fourth-order valence-corrected chi connectivity index (χ4v) is 4.06. The van der Waals surface area contributed by atoms with Crippen molar-refractivity contribution < 1.29 is 4.79 Å². The molecule has 0 aliphatic heterocycles. The van der Waals surface area contributed by atoms with Crippen LogP contribution in [0.3, 0.4) is 0 Å². The molecule has 30 heavy (non-hydrogen) atoms. The summed E-state index contributed by atoms with van der Waals surface area (Å²) in [4.78, 5) is 12.3. The molecule has 0 unspecified atom stereocenters. The standard InChI is InChI=1S/C23H25BrN4OS/c1-5-13-28-21(16-9-11-17(12-10-16)23(2,3)4)26-27-22(28)30-15-20(29)25-19-8-6-7-18(24)14-19/h5-12,14H,1,13,15H2,2-4H3,(H,25,29). The van der Waals surface area contributed by atoms with Gasteiger partial charge in [0.15, 0.2) is 11.0 Å². The minimum Gasteiger partial charge on any atom is -0.325 e. The van der Waals surface area contributed by atoms with Gasteiger partial charge in [-0.2, -0.15) is 0 Å². The molecule has 0 saturated carbocycles. The Labute approximate surface area is 190 Å². The van der Waals surface area contributed by atoms with Crippen molar-refractivity contribution in [1.82, 2.24) is 14.8 Å². The van der Waals surface area contributed by atoms with Gasteiger partial charge >= 0.3 is 0 Å². The van der Waals surface area contributed by atoms with Crippen molar-refractivity contribution in [2.45, 2.75) is 37.9 Å². The third-order valence-corrected chi connectivity index (χ3v) is 5.94. The lowest BCUT2D eigenvalue weighted by Crippen LogP contribution is -2.14. The van der Waals surface area contributed by atoms with Crippen LogP contribution in [0.25, 0.3) is 11.4 Å². The van der Waals surface area contributed by atoms with Crippen LogP contribution < -0.4 is 5.32 Å². The van der Waals surface area contributed by atoms with E-state index in [2.05, 4.69) is 83.1 Å². The first kappa shape index (κ1) is 22.3. The minimum atomic E-state index is -0.0951. The number of benzene rings is 2. The zero-order valence-electron chi connectivity index (χ0n) is 17.4. The van der Waals surface area contributed by atoms with E-state index in [0.717, 1.165) is 21.5 Å². The van der Waals surface area contributed by atoms with Gasteiger partial charge in [0.25, 0.3) is 0 Å². The molecule has 0 atom stereocenters. The van der Waals surface area contributed by atoms with Crippen LogP contribution in [0, 0.1) is 0 Å². The van der Waals surface area contributed by atoms with E-state index in [1.54, 1.807) is 0 Å². The molecular formula is C23H25BrN4OS. The number of hydrogen-bond donors (Lipinski definition) is 1. The summed E-state index contributed by atoms with van der Waals surface area (Å²) >= 11 is 4.77. The summed E-state index contributed by atoms with van der Waals surface area (Å²) in [5, 5.41) is 12.3. The number of allylic oxidation sites excluding steroid dienone is 1. The van der Waals surface area contributed by atoms with E-state index in [1.807, 2.05) is 34.9 Å². The first-order valence-electron chi connectivity index (χ1n) is 9.61. The molecule has 1 heterocycles. The molecule has 0 radical (unpaired) electrons. The second-order valence-electron chi connectivity index (χ2n) is 7.88. The molecule has 156 valence electrons. The summed E-state index contributed by atoms with van der Waals surface area (Å²) in [6.07, 6.45) is 1.81. The third-order valence-electron chi connectivity index (χ3n) is 4.48. The maximum absolute atomic E-state index is 12.3. The average Bonchev–Trinajstić information content (AvgIpc) is 3.09. The van der Waals surface area contributed by atoms with Crippen LogP contribution in [0.15, 0.2) is 70.8 Å². The predicted octanol–water partition coefficient (Wildman–Crippen LogP) is 5.92. The molecule has 0 bridgehead atoms. The second-order valence-corrected chi connectivity index (χ2v) is 9.74. The van der Waals surface area contributed by atoms with E-state index in [0.29, 0.717) is 11.7 Å². The Kier molecular flexibility index (Phi) is 7.15. The van der Waals surface area contributed by atoms with E-state index in [-0.39, 0.29) is 17.1 Å². The molecule has 2 aromatic carbocycles. The van der Waals surface area contributed by atoms with E-state index >= 15 is 0 Å². The maximum Gasteiger partial charge on any atom is 0.234 e. The lowest BCUT2D eigenvalue weighted by Gasteiger charge is -2.19. The highest BCUT2D eigenvalue weighted by Gasteiger charge is 2.17. The summed E-state index contributed by atoms with van der Waals surface area (Å²) in [6.45, 7) is 11.0. The zero-order valence-corrected chi connectivity index (χ0v) is 19.8. The van der Waals surface area contributed by atoms with Crippen LogP contribution in [0.2, 0.25) is 0 Å². The molecule has 1 N–H and O–H groups in total. The first-order valence-corrected chi connectivity index (χ1v) is 11.4. The Hall–Kier alpha value is -2.38. The number of nitrogens with zero attached hydrogens (tertiary/aromatic N) is 3. The Bertz CT molecular complexity index is 1040. The first-order chi connectivity index (χ1) is 14.3. The number of amides is 1. The number of carbonyl (C=O) groups is 1. The lowest BCUT2D eigenvalue weighted by molar-refractivity contribution is -0.113. The molecule has 0 fully saturated rings. The largest absolute Gasteiger partial charge is 0.325 e. The van der Waals surface area contributed by atoms with Gasteiger partial charge in [0, 0.05) is 22.3 Å².